The fourth-order valence-electron chi connectivity index (χ4n) is 4.64. The van der Waals surface area contributed by atoms with Gasteiger partial charge in [0.15, 0.2) is 0 Å². The molecule has 0 unspecified atom stereocenters. The van der Waals surface area contributed by atoms with E-state index in [0.29, 0.717) is 0 Å². The van der Waals surface area contributed by atoms with Gasteiger partial charge in [-0.15, -0.1) is 0 Å². The standard InChI is InChI=1S/C24H34O.CH4.2H2/c1-3-4-19-5-7-20(8-6-19)9-10-21-11-13-22(14-12-21)23-15-17-24(25-2)18-16-23;;;/h3-4,9-10,15-22H,5-8,11-14H2,1-2H3;1H4;2*1H/b4-3+,10-9+;;;. The van der Waals surface area contributed by atoms with Crippen molar-refractivity contribution >= 4 is 0 Å². The number of methoxy groups -OCH3 is 1. The minimum Gasteiger partial charge on any atom is -0.497 e. The molecule has 0 aromatic heterocycles. The molecule has 0 bridgehead atoms. The SMILES string of the molecule is C.C/C=C/C1CCC(/C=C/C2CCC(c3ccc(OC)cc3)CC2)CC1.[HH].[HH]. The van der Waals surface area contributed by atoms with E-state index in [2.05, 4.69) is 55.5 Å². The third-order valence-electron chi connectivity index (χ3n) is 6.30. The zero-order chi connectivity index (χ0) is 17.5. The van der Waals surface area contributed by atoms with Crippen molar-refractivity contribution in [3.8, 4) is 5.75 Å². The molecule has 0 atom stereocenters. The molecule has 0 spiro atoms. The van der Waals surface area contributed by atoms with Gasteiger partial charge in [0.2, 0.25) is 0 Å². The fraction of sp³-hybridized carbons (Fsp3) is 0.600. The largest absolute Gasteiger partial charge is 0.497 e. The monoisotopic (exact) mass is 358 g/mol. The van der Waals surface area contributed by atoms with Crippen LogP contribution in [0.4, 0.5) is 0 Å². The predicted molar refractivity (Wildman–Crippen MR) is 118 cm³/mol. The highest BCUT2D eigenvalue weighted by molar-refractivity contribution is 5.29. The molecule has 1 nitrogen and oxygen atoms in total. The van der Waals surface area contributed by atoms with Crippen LogP contribution < -0.4 is 4.74 Å². The van der Waals surface area contributed by atoms with E-state index in [9.17, 15) is 0 Å². The molecule has 2 aliphatic rings. The summed E-state index contributed by atoms with van der Waals surface area (Å²) in [6.07, 6.45) is 20.6. The van der Waals surface area contributed by atoms with Gasteiger partial charge < -0.3 is 4.74 Å². The Morgan fingerprint density at radius 2 is 1.23 bits per heavy atom. The lowest BCUT2D eigenvalue weighted by atomic mass is 9.77. The number of allylic oxidation sites excluding steroid dienone is 4. The average molecular weight is 359 g/mol. The summed E-state index contributed by atoms with van der Waals surface area (Å²) in [6, 6.07) is 8.71. The first kappa shape index (κ1) is 20.8. The number of hydrogen-bond acceptors (Lipinski definition) is 1. The summed E-state index contributed by atoms with van der Waals surface area (Å²) >= 11 is 0. The van der Waals surface area contributed by atoms with Crippen molar-refractivity contribution in [3.63, 3.8) is 0 Å². The van der Waals surface area contributed by atoms with Crippen molar-refractivity contribution in [2.75, 3.05) is 7.11 Å². The average Bonchev–Trinajstić information content (AvgIpc) is 2.68. The summed E-state index contributed by atoms with van der Waals surface area (Å²) in [6.45, 7) is 2.15. The highest BCUT2D eigenvalue weighted by Gasteiger charge is 2.22. The van der Waals surface area contributed by atoms with Gasteiger partial charge in [0, 0.05) is 2.85 Å². The van der Waals surface area contributed by atoms with Crippen molar-refractivity contribution in [2.45, 2.75) is 71.6 Å². The van der Waals surface area contributed by atoms with Crippen molar-refractivity contribution < 1.29 is 7.59 Å². The lowest BCUT2D eigenvalue weighted by Gasteiger charge is -2.28. The smallest absolute Gasteiger partial charge is 0.118 e. The zero-order valence-electron chi connectivity index (χ0n) is 16.0. The molecule has 148 valence electrons. The van der Waals surface area contributed by atoms with Gasteiger partial charge in [-0.05, 0) is 99.7 Å². The van der Waals surface area contributed by atoms with E-state index >= 15 is 0 Å². The van der Waals surface area contributed by atoms with E-state index in [4.69, 9.17) is 4.74 Å². The van der Waals surface area contributed by atoms with E-state index in [1.54, 1.807) is 7.11 Å². The first-order chi connectivity index (χ1) is 12.3. The van der Waals surface area contributed by atoms with Crippen LogP contribution in [0.2, 0.25) is 0 Å². The van der Waals surface area contributed by atoms with Gasteiger partial charge >= 0.3 is 0 Å². The fourth-order valence-corrected chi connectivity index (χ4v) is 4.64. The van der Waals surface area contributed by atoms with Crippen LogP contribution in [0.25, 0.3) is 0 Å². The maximum absolute atomic E-state index is 5.27. The quantitative estimate of drug-likeness (QED) is 0.484. The summed E-state index contributed by atoms with van der Waals surface area (Å²) in [7, 11) is 1.74. The summed E-state index contributed by atoms with van der Waals surface area (Å²) in [5.41, 5.74) is 1.49. The van der Waals surface area contributed by atoms with Crippen molar-refractivity contribution in [2.24, 2.45) is 17.8 Å². The number of rotatable bonds is 5. The molecule has 0 aliphatic heterocycles. The van der Waals surface area contributed by atoms with Crippen LogP contribution in [0.3, 0.4) is 0 Å². The predicted octanol–water partition coefficient (Wildman–Crippen LogP) is 8.04. The zero-order valence-corrected chi connectivity index (χ0v) is 16.0. The maximum Gasteiger partial charge on any atom is 0.118 e. The number of benzene rings is 1. The Balaban J connectivity index is 0.00000243. The molecule has 0 amide bonds. The second-order valence-corrected chi connectivity index (χ2v) is 7.97. The van der Waals surface area contributed by atoms with E-state index < -0.39 is 0 Å². The van der Waals surface area contributed by atoms with Crippen LogP contribution in [-0.4, -0.2) is 7.11 Å². The Morgan fingerprint density at radius 1 is 0.769 bits per heavy atom. The molecule has 3 rings (SSSR count). The molecule has 0 radical (unpaired) electrons. The van der Waals surface area contributed by atoms with Gasteiger partial charge in [-0.1, -0.05) is 43.9 Å². The van der Waals surface area contributed by atoms with Crippen LogP contribution in [0.1, 0.15) is 80.1 Å². The number of ether oxygens (including phenoxy) is 1. The summed E-state index contributed by atoms with van der Waals surface area (Å²) in [4.78, 5) is 0. The summed E-state index contributed by atoms with van der Waals surface area (Å²) < 4.78 is 5.27. The van der Waals surface area contributed by atoms with Gasteiger partial charge in [0.25, 0.3) is 0 Å². The van der Waals surface area contributed by atoms with E-state index in [-0.39, 0.29) is 10.3 Å². The minimum absolute atomic E-state index is 0. The topological polar surface area (TPSA) is 9.23 Å². The minimum atomic E-state index is 0. The highest BCUT2D eigenvalue weighted by atomic mass is 16.5. The van der Waals surface area contributed by atoms with Crippen LogP contribution in [0.5, 0.6) is 5.75 Å². The molecule has 26 heavy (non-hydrogen) atoms. The third-order valence-corrected chi connectivity index (χ3v) is 6.30. The van der Waals surface area contributed by atoms with E-state index in [1.807, 2.05) is 0 Å². The van der Waals surface area contributed by atoms with Gasteiger partial charge in [0.1, 0.15) is 5.75 Å². The molecule has 1 aromatic carbocycles. The molecule has 2 aliphatic carbocycles. The third kappa shape index (κ3) is 5.76. The van der Waals surface area contributed by atoms with Gasteiger partial charge in [0.05, 0.1) is 7.11 Å². The second kappa shape index (κ2) is 10.6. The Hall–Kier alpha value is -1.50. The molecular formula is C25H42O. The lowest BCUT2D eigenvalue weighted by Crippen LogP contribution is -2.13. The molecule has 1 heteroatoms. The summed E-state index contributed by atoms with van der Waals surface area (Å²) in [5, 5.41) is 0. The number of hydrogen-bond donors (Lipinski definition) is 0. The molecule has 0 N–H and O–H groups in total. The Labute approximate surface area is 164 Å². The Bertz CT molecular complexity index is 563. The Morgan fingerprint density at radius 3 is 1.69 bits per heavy atom. The molecule has 1 aromatic rings. The van der Waals surface area contributed by atoms with Crippen LogP contribution in [-0.2, 0) is 0 Å². The molecule has 0 saturated heterocycles. The second-order valence-electron chi connectivity index (χ2n) is 7.97. The molecule has 2 fully saturated rings. The van der Waals surface area contributed by atoms with Crippen LogP contribution in [0, 0.1) is 17.8 Å². The Kier molecular flexibility index (Phi) is 8.48. The molecular weight excluding hydrogens is 316 g/mol. The van der Waals surface area contributed by atoms with Crippen molar-refractivity contribution in [1.82, 2.24) is 0 Å². The van der Waals surface area contributed by atoms with E-state index in [1.165, 1.54) is 56.9 Å². The van der Waals surface area contributed by atoms with Crippen molar-refractivity contribution in [1.29, 1.82) is 0 Å². The maximum atomic E-state index is 5.27. The first-order valence-corrected chi connectivity index (χ1v) is 10.2. The summed E-state index contributed by atoms with van der Waals surface area (Å²) in [5.74, 6) is 4.19. The highest BCUT2D eigenvalue weighted by Crippen LogP contribution is 2.37. The van der Waals surface area contributed by atoms with Crippen molar-refractivity contribution in [3.05, 3.63) is 54.1 Å². The van der Waals surface area contributed by atoms with Gasteiger partial charge in [-0.25, -0.2) is 0 Å². The normalized spacial score (nSPS) is 29.6. The first-order valence-electron chi connectivity index (χ1n) is 10.2. The molecule has 2 saturated carbocycles. The van der Waals surface area contributed by atoms with E-state index in [0.717, 1.165) is 29.4 Å². The molecule has 0 heterocycles. The van der Waals surface area contributed by atoms with Gasteiger partial charge in [-0.2, -0.15) is 0 Å². The van der Waals surface area contributed by atoms with Crippen LogP contribution in [0.15, 0.2) is 48.6 Å². The lowest BCUT2D eigenvalue weighted by molar-refractivity contribution is 0.348. The van der Waals surface area contributed by atoms with Gasteiger partial charge in [-0.3, -0.25) is 0 Å². The van der Waals surface area contributed by atoms with Crippen LogP contribution >= 0.6 is 0 Å².